The van der Waals surface area contributed by atoms with Gasteiger partial charge in [-0.2, -0.15) is 0 Å². The number of allylic oxidation sites excluding steroid dienone is 2. The lowest BCUT2D eigenvalue weighted by Gasteiger charge is -2.44. The first-order valence-electron chi connectivity index (χ1n) is 13.1. The summed E-state index contributed by atoms with van der Waals surface area (Å²) in [6.07, 6.45) is 8.01. The van der Waals surface area contributed by atoms with Crippen molar-refractivity contribution in [2.45, 2.75) is 38.4 Å². The number of carbonyl (C=O) groups is 1. The number of likely N-dealkylation sites (N-methyl/N-ethyl adjacent to an activating group) is 1. The first-order valence-corrected chi connectivity index (χ1v) is 13.1. The van der Waals surface area contributed by atoms with Crippen molar-refractivity contribution in [1.29, 1.82) is 0 Å². The van der Waals surface area contributed by atoms with E-state index < -0.39 is 0 Å². The van der Waals surface area contributed by atoms with Crippen molar-refractivity contribution in [3.63, 3.8) is 0 Å². The van der Waals surface area contributed by atoms with Crippen LogP contribution in [0.4, 0.5) is 4.79 Å². The Bertz CT molecular complexity index is 1240. The molecule has 2 amide bonds. The van der Waals surface area contributed by atoms with Crippen molar-refractivity contribution in [3.05, 3.63) is 64.9 Å². The summed E-state index contributed by atoms with van der Waals surface area (Å²) in [5.74, 6) is 3.05. The fourth-order valence-electron chi connectivity index (χ4n) is 6.15. The van der Waals surface area contributed by atoms with Crippen LogP contribution in [0.1, 0.15) is 36.5 Å². The van der Waals surface area contributed by atoms with Gasteiger partial charge >= 0.3 is 6.03 Å². The maximum Gasteiger partial charge on any atom is 0.325 e. The lowest BCUT2D eigenvalue weighted by atomic mass is 9.82. The van der Waals surface area contributed by atoms with Gasteiger partial charge in [0.2, 0.25) is 0 Å². The van der Waals surface area contributed by atoms with Gasteiger partial charge in [-0.15, -0.1) is 0 Å². The van der Waals surface area contributed by atoms with Crippen LogP contribution in [0, 0.1) is 0 Å². The molecule has 2 aromatic rings. The number of nitrogens with zero attached hydrogens (tertiary/aromatic N) is 3. The van der Waals surface area contributed by atoms with E-state index in [0.717, 1.165) is 77.9 Å². The predicted octanol–water partition coefficient (Wildman–Crippen LogP) is 4.92. The minimum absolute atomic E-state index is 0.0627. The Labute approximate surface area is 225 Å². The van der Waals surface area contributed by atoms with Gasteiger partial charge in [0.25, 0.3) is 0 Å². The van der Waals surface area contributed by atoms with Crippen molar-refractivity contribution in [1.82, 2.24) is 14.7 Å². The number of methoxy groups -OCH3 is 4. The number of ether oxygens (including phenoxy) is 4. The Balaban J connectivity index is 1.42. The van der Waals surface area contributed by atoms with Gasteiger partial charge in [0.1, 0.15) is 23.0 Å². The summed E-state index contributed by atoms with van der Waals surface area (Å²) in [5.41, 5.74) is 3.90. The van der Waals surface area contributed by atoms with Crippen LogP contribution in [0.5, 0.6) is 23.0 Å². The summed E-state index contributed by atoms with van der Waals surface area (Å²) in [5, 5.41) is 0. The van der Waals surface area contributed by atoms with Gasteiger partial charge in [0.05, 0.1) is 40.5 Å². The quantitative estimate of drug-likeness (QED) is 0.517. The van der Waals surface area contributed by atoms with Gasteiger partial charge in [-0.1, -0.05) is 12.2 Å². The number of benzene rings is 2. The van der Waals surface area contributed by atoms with Gasteiger partial charge in [-0.3, -0.25) is 9.80 Å². The molecular formula is C30H37N3O5. The molecule has 202 valence electrons. The smallest absolute Gasteiger partial charge is 0.325 e. The van der Waals surface area contributed by atoms with Crippen LogP contribution in [0.3, 0.4) is 0 Å². The van der Waals surface area contributed by atoms with Gasteiger partial charge in [0, 0.05) is 49.6 Å². The van der Waals surface area contributed by atoms with Crippen LogP contribution in [0.15, 0.2) is 48.2 Å². The summed E-state index contributed by atoms with van der Waals surface area (Å²) >= 11 is 0. The third-order valence-electron chi connectivity index (χ3n) is 8.07. The molecule has 3 heterocycles. The number of rotatable bonds is 7. The highest BCUT2D eigenvalue weighted by atomic mass is 16.5. The van der Waals surface area contributed by atoms with Crippen molar-refractivity contribution >= 4 is 12.1 Å². The van der Waals surface area contributed by atoms with E-state index >= 15 is 0 Å². The maximum absolute atomic E-state index is 13.8. The van der Waals surface area contributed by atoms with E-state index in [-0.39, 0.29) is 11.6 Å². The predicted molar refractivity (Wildman–Crippen MR) is 147 cm³/mol. The van der Waals surface area contributed by atoms with E-state index in [0.29, 0.717) is 13.1 Å². The molecule has 0 radical (unpaired) electrons. The summed E-state index contributed by atoms with van der Waals surface area (Å²) in [6.45, 7) is 5.79. The van der Waals surface area contributed by atoms with Crippen LogP contribution < -0.4 is 18.9 Å². The van der Waals surface area contributed by atoms with Crippen LogP contribution in [0.2, 0.25) is 0 Å². The summed E-state index contributed by atoms with van der Waals surface area (Å²) in [7, 11) is 6.66. The minimum atomic E-state index is -0.320. The number of urea groups is 1. The van der Waals surface area contributed by atoms with E-state index in [2.05, 4.69) is 47.1 Å². The Morgan fingerprint density at radius 3 is 2.13 bits per heavy atom. The number of hydrogen-bond acceptors (Lipinski definition) is 6. The monoisotopic (exact) mass is 519 g/mol. The van der Waals surface area contributed by atoms with E-state index in [1.807, 2.05) is 23.1 Å². The Hall–Kier alpha value is -3.65. The molecule has 0 unspecified atom stereocenters. The third kappa shape index (κ3) is 4.47. The number of fused-ring (bicyclic) bond motifs is 3. The fourth-order valence-corrected chi connectivity index (χ4v) is 6.15. The number of likely N-dealkylation sites (tertiary alicyclic amines) is 1. The Kier molecular flexibility index (Phi) is 7.25. The SMILES string of the molecule is CCN1C(=O)N2Cc3cc(OC)cc(OC)c3/C=C/C=C2C12CCN(Cc1cc(OC)cc(OC)c1)CC2. The summed E-state index contributed by atoms with van der Waals surface area (Å²) in [4.78, 5) is 20.3. The summed E-state index contributed by atoms with van der Waals surface area (Å²) in [6, 6.07) is 9.97. The lowest BCUT2D eigenvalue weighted by molar-refractivity contribution is 0.0890. The normalized spacial score (nSPS) is 19.3. The minimum Gasteiger partial charge on any atom is -0.497 e. The zero-order valence-corrected chi connectivity index (χ0v) is 23.0. The number of piperidine rings is 1. The molecule has 0 aliphatic carbocycles. The highest BCUT2D eigenvalue weighted by molar-refractivity contribution is 5.83. The first-order chi connectivity index (χ1) is 18.5. The van der Waals surface area contributed by atoms with E-state index in [9.17, 15) is 4.79 Å². The lowest BCUT2D eigenvalue weighted by Crippen LogP contribution is -2.53. The van der Waals surface area contributed by atoms with E-state index in [1.165, 1.54) is 0 Å². The molecule has 0 aromatic heterocycles. The molecule has 3 aliphatic rings. The molecule has 5 rings (SSSR count). The van der Waals surface area contributed by atoms with Crippen LogP contribution in [0.25, 0.3) is 6.08 Å². The highest BCUT2D eigenvalue weighted by Gasteiger charge is 2.54. The fraction of sp³-hybridized carbons (Fsp3) is 0.433. The standard InChI is InChI=1S/C30H37N3O5/c1-6-33-29(34)32-20-22-16-25(37-4)18-27(38-5)26(22)8-7-9-28(32)30(33)10-12-31(13-11-30)19-21-14-23(35-2)17-24(15-21)36-3/h7-9,14-18H,6,10-13,19-20H2,1-5H3/b8-7+,28-9?. The van der Waals surface area contributed by atoms with Crippen LogP contribution in [-0.2, 0) is 13.1 Å². The number of hydrogen-bond donors (Lipinski definition) is 0. The van der Waals surface area contributed by atoms with Crippen molar-refractivity contribution in [2.75, 3.05) is 48.1 Å². The first kappa shape index (κ1) is 26.0. The second-order valence-electron chi connectivity index (χ2n) is 9.96. The average molecular weight is 520 g/mol. The van der Waals surface area contributed by atoms with E-state index in [1.54, 1.807) is 28.4 Å². The number of carbonyl (C=O) groups excluding carboxylic acids is 1. The average Bonchev–Trinajstić information content (AvgIpc) is 3.13. The maximum atomic E-state index is 13.8. The van der Waals surface area contributed by atoms with Gasteiger partial charge in [0.15, 0.2) is 0 Å². The number of amides is 2. The van der Waals surface area contributed by atoms with E-state index in [4.69, 9.17) is 18.9 Å². The third-order valence-corrected chi connectivity index (χ3v) is 8.07. The molecule has 0 bridgehead atoms. The molecule has 1 spiro atoms. The van der Waals surface area contributed by atoms with Crippen molar-refractivity contribution < 1.29 is 23.7 Å². The van der Waals surface area contributed by atoms with Gasteiger partial charge in [-0.25, -0.2) is 4.79 Å². The second-order valence-corrected chi connectivity index (χ2v) is 9.96. The molecule has 0 atom stereocenters. The molecule has 38 heavy (non-hydrogen) atoms. The van der Waals surface area contributed by atoms with Gasteiger partial charge in [-0.05, 0) is 55.2 Å². The second kappa shape index (κ2) is 10.6. The Morgan fingerprint density at radius 1 is 0.868 bits per heavy atom. The zero-order valence-electron chi connectivity index (χ0n) is 23.0. The molecule has 3 aliphatic heterocycles. The molecule has 2 fully saturated rings. The molecule has 8 heteroatoms. The summed E-state index contributed by atoms with van der Waals surface area (Å²) < 4.78 is 22.1. The van der Waals surface area contributed by atoms with Gasteiger partial charge < -0.3 is 23.8 Å². The van der Waals surface area contributed by atoms with Crippen molar-refractivity contribution in [3.8, 4) is 23.0 Å². The van der Waals surface area contributed by atoms with Crippen molar-refractivity contribution in [2.24, 2.45) is 0 Å². The topological polar surface area (TPSA) is 63.7 Å². The highest BCUT2D eigenvalue weighted by Crippen LogP contribution is 2.46. The van der Waals surface area contributed by atoms with Crippen LogP contribution >= 0.6 is 0 Å². The molecule has 2 aromatic carbocycles. The molecule has 0 N–H and O–H groups in total. The zero-order chi connectivity index (χ0) is 26.9. The molecule has 2 saturated heterocycles. The largest absolute Gasteiger partial charge is 0.497 e. The molecule has 0 saturated carbocycles. The molecular weight excluding hydrogens is 482 g/mol. The van der Waals surface area contributed by atoms with Crippen LogP contribution in [-0.4, -0.2) is 74.3 Å². The Morgan fingerprint density at radius 2 is 1.53 bits per heavy atom. The molecule has 8 nitrogen and oxygen atoms in total.